The number of hydrogen-bond acceptors (Lipinski definition) is 8. The van der Waals surface area contributed by atoms with Crippen LogP contribution in [0.15, 0.2) is 30.5 Å². The summed E-state index contributed by atoms with van der Waals surface area (Å²) >= 11 is 6.92. The van der Waals surface area contributed by atoms with Crippen LogP contribution < -0.4 is 10.1 Å². The second-order valence-electron chi connectivity index (χ2n) is 8.86. The average Bonchev–Trinajstić information content (AvgIpc) is 3.73. The van der Waals surface area contributed by atoms with Gasteiger partial charge in [0.05, 0.1) is 13.3 Å². The molecule has 4 rings (SSSR count). The number of hydrogen-bond donors (Lipinski definition) is 4. The number of amides is 1. The Bertz CT molecular complexity index is 1440. The van der Waals surface area contributed by atoms with E-state index in [-0.39, 0.29) is 20.9 Å². The van der Waals surface area contributed by atoms with Crippen molar-refractivity contribution in [3.8, 4) is 40.6 Å². The monoisotopic (exact) mass is 568 g/mol. The second-order valence-corrected chi connectivity index (χ2v) is 12.0. The number of thioether (sulfide) groups is 1. The van der Waals surface area contributed by atoms with Gasteiger partial charge in [-0.05, 0) is 73.2 Å². The summed E-state index contributed by atoms with van der Waals surface area (Å²) in [6.45, 7) is 0. The van der Waals surface area contributed by atoms with Crippen molar-refractivity contribution in [2.24, 2.45) is 5.92 Å². The van der Waals surface area contributed by atoms with Crippen LogP contribution in [0, 0.1) is 40.4 Å². The minimum Gasteiger partial charge on any atom is -0.494 e. The minimum atomic E-state index is -1.22. The SMILES string of the molecule is COc1cnc(Cl)cc1-c1cc(C#CC2(O)CCS(=O)CC2)ccc1C(=O)NC(=N)SC(=N)C#CC1CC1. The van der Waals surface area contributed by atoms with Gasteiger partial charge in [-0.3, -0.25) is 19.8 Å². The van der Waals surface area contributed by atoms with Crippen LogP contribution in [0.3, 0.4) is 0 Å². The van der Waals surface area contributed by atoms with Crippen LogP contribution in [0.5, 0.6) is 5.75 Å². The number of aliphatic hydroxyl groups is 1. The first-order valence-corrected chi connectivity index (χ1v) is 14.5. The molecule has 1 aliphatic carbocycles. The van der Waals surface area contributed by atoms with Gasteiger partial charge >= 0.3 is 0 Å². The summed E-state index contributed by atoms with van der Waals surface area (Å²) in [4.78, 5) is 17.3. The van der Waals surface area contributed by atoms with Gasteiger partial charge in [-0.2, -0.15) is 0 Å². The molecule has 196 valence electrons. The summed E-state index contributed by atoms with van der Waals surface area (Å²) in [5, 5.41) is 29.3. The number of nitrogens with one attached hydrogen (secondary N) is 3. The highest BCUT2D eigenvalue weighted by atomic mass is 35.5. The predicted molar refractivity (Wildman–Crippen MR) is 151 cm³/mol. The zero-order valence-corrected chi connectivity index (χ0v) is 22.9. The standard InChI is InChI=1S/C27H25ClN4O4S2/c1-36-22-16-31-23(28)15-21(22)20-14-18(8-9-27(34)10-12-38(35)13-11-27)4-6-19(20)25(33)32-26(30)37-24(29)7-5-17-2-3-17/h4,6,14-17,29,34H,2-3,10-13H2,1H3,(H2,30,32,33). The van der Waals surface area contributed by atoms with Gasteiger partial charge in [-0.15, -0.1) is 0 Å². The Balaban J connectivity index is 1.63. The summed E-state index contributed by atoms with van der Waals surface area (Å²) in [5.74, 6) is 12.5. The van der Waals surface area contributed by atoms with Gasteiger partial charge < -0.3 is 15.2 Å². The second kappa shape index (κ2) is 12.1. The predicted octanol–water partition coefficient (Wildman–Crippen LogP) is 3.82. The lowest BCUT2D eigenvalue weighted by Crippen LogP contribution is -2.35. The third-order valence-corrected chi connectivity index (χ3v) is 8.07. The van der Waals surface area contributed by atoms with Crippen molar-refractivity contribution in [1.29, 1.82) is 10.8 Å². The first-order valence-electron chi connectivity index (χ1n) is 11.8. The van der Waals surface area contributed by atoms with Gasteiger partial charge in [0.1, 0.15) is 21.5 Å². The third kappa shape index (κ3) is 7.46. The van der Waals surface area contributed by atoms with Crippen molar-refractivity contribution < 1.29 is 18.8 Å². The molecule has 0 spiro atoms. The van der Waals surface area contributed by atoms with Gasteiger partial charge in [-0.1, -0.05) is 29.4 Å². The van der Waals surface area contributed by atoms with E-state index in [1.54, 1.807) is 24.3 Å². The largest absolute Gasteiger partial charge is 0.494 e. The number of rotatable bonds is 3. The highest BCUT2D eigenvalue weighted by molar-refractivity contribution is 8.26. The summed E-state index contributed by atoms with van der Waals surface area (Å²) in [5.41, 5.74) is 0.474. The molecule has 4 N–H and O–H groups in total. The third-order valence-electron chi connectivity index (χ3n) is 5.93. The van der Waals surface area contributed by atoms with Crippen LogP contribution in [-0.4, -0.2) is 54.6 Å². The Hall–Kier alpha value is -3.15. The molecule has 1 aromatic heterocycles. The zero-order valence-electron chi connectivity index (χ0n) is 20.5. The molecule has 1 saturated heterocycles. The Kier molecular flexibility index (Phi) is 8.91. The summed E-state index contributed by atoms with van der Waals surface area (Å²) in [6.07, 6.45) is 4.16. The number of carbonyl (C=O) groups is 1. The Morgan fingerprint density at radius 2 is 2.00 bits per heavy atom. The molecule has 0 atom stereocenters. The number of ether oxygens (including phenoxy) is 1. The molecule has 0 radical (unpaired) electrons. The Morgan fingerprint density at radius 3 is 2.68 bits per heavy atom. The lowest BCUT2D eigenvalue weighted by molar-refractivity contribution is 0.0917. The molecule has 38 heavy (non-hydrogen) atoms. The topological polar surface area (TPSA) is 136 Å². The van der Waals surface area contributed by atoms with Crippen LogP contribution in [0.25, 0.3) is 11.1 Å². The van der Waals surface area contributed by atoms with Crippen LogP contribution in [0.1, 0.15) is 41.6 Å². The first-order chi connectivity index (χ1) is 18.2. The van der Waals surface area contributed by atoms with Crippen molar-refractivity contribution >= 4 is 50.3 Å². The number of pyridine rings is 1. The number of amidine groups is 1. The summed E-state index contributed by atoms with van der Waals surface area (Å²) in [7, 11) is 0.541. The molecular formula is C27H25ClN4O4S2. The van der Waals surface area contributed by atoms with Gasteiger partial charge in [0, 0.05) is 44.9 Å². The fourth-order valence-corrected chi connectivity index (χ4v) is 5.61. The zero-order chi connectivity index (χ0) is 27.3. The molecule has 8 nitrogen and oxygen atoms in total. The normalized spacial score (nSPS) is 20.2. The number of halogens is 1. The smallest absolute Gasteiger partial charge is 0.257 e. The molecule has 2 fully saturated rings. The molecule has 2 heterocycles. The van der Waals surface area contributed by atoms with Crippen LogP contribution >= 0.6 is 23.4 Å². The maximum Gasteiger partial charge on any atom is 0.257 e. The van der Waals surface area contributed by atoms with E-state index in [4.69, 9.17) is 27.2 Å². The number of benzene rings is 1. The maximum absolute atomic E-state index is 13.2. The van der Waals surface area contributed by atoms with Crippen molar-refractivity contribution in [2.45, 2.75) is 31.3 Å². The Morgan fingerprint density at radius 1 is 1.26 bits per heavy atom. The highest BCUT2D eigenvalue weighted by Gasteiger charge is 2.30. The summed E-state index contributed by atoms with van der Waals surface area (Å²) in [6, 6.07) is 6.46. The van der Waals surface area contributed by atoms with E-state index in [9.17, 15) is 14.1 Å². The number of carbonyl (C=O) groups excluding carboxylic acids is 1. The Labute approximate surface area is 232 Å². The van der Waals surface area contributed by atoms with Crippen LogP contribution in [0.4, 0.5) is 0 Å². The van der Waals surface area contributed by atoms with E-state index < -0.39 is 22.3 Å². The molecule has 0 unspecified atom stereocenters. The molecule has 2 aromatic rings. The maximum atomic E-state index is 13.2. The van der Waals surface area contributed by atoms with Gasteiger partial charge in [0.2, 0.25) is 0 Å². The van der Waals surface area contributed by atoms with E-state index in [1.165, 1.54) is 13.3 Å². The number of methoxy groups -OCH3 is 1. The molecule has 1 saturated carbocycles. The molecule has 1 aromatic carbocycles. The molecule has 2 aliphatic rings. The van der Waals surface area contributed by atoms with Gasteiger partial charge in [0.25, 0.3) is 5.91 Å². The van der Waals surface area contributed by atoms with Crippen LogP contribution in [0.2, 0.25) is 5.15 Å². The van der Waals surface area contributed by atoms with E-state index in [0.29, 0.717) is 52.7 Å². The molecule has 1 amide bonds. The minimum absolute atomic E-state index is 0.0138. The quantitative estimate of drug-likeness (QED) is 0.192. The lowest BCUT2D eigenvalue weighted by atomic mass is 9.95. The fraction of sp³-hybridized carbons (Fsp3) is 0.333. The van der Waals surface area contributed by atoms with Crippen molar-refractivity contribution in [1.82, 2.24) is 10.3 Å². The fourth-order valence-electron chi connectivity index (χ4n) is 3.66. The molecule has 11 heteroatoms. The number of nitrogens with zero attached hydrogens (tertiary/aromatic N) is 1. The average molecular weight is 569 g/mol. The highest BCUT2D eigenvalue weighted by Crippen LogP contribution is 2.34. The van der Waals surface area contributed by atoms with E-state index in [0.717, 1.165) is 24.6 Å². The van der Waals surface area contributed by atoms with Gasteiger partial charge in [0.15, 0.2) is 5.17 Å². The summed E-state index contributed by atoms with van der Waals surface area (Å²) < 4.78 is 17.1. The van der Waals surface area contributed by atoms with Crippen molar-refractivity contribution in [3.63, 3.8) is 0 Å². The first kappa shape index (κ1) is 27.9. The molecule has 0 bridgehead atoms. The lowest BCUT2D eigenvalue weighted by Gasteiger charge is -2.26. The number of aromatic nitrogens is 1. The van der Waals surface area contributed by atoms with Crippen LogP contribution in [-0.2, 0) is 10.8 Å². The van der Waals surface area contributed by atoms with E-state index in [1.807, 2.05) is 0 Å². The van der Waals surface area contributed by atoms with Crippen molar-refractivity contribution in [2.75, 3.05) is 18.6 Å². The van der Waals surface area contributed by atoms with E-state index >= 15 is 0 Å². The van der Waals surface area contributed by atoms with Gasteiger partial charge in [-0.25, -0.2) is 4.98 Å². The van der Waals surface area contributed by atoms with Crippen molar-refractivity contribution in [3.05, 3.63) is 46.7 Å². The van der Waals surface area contributed by atoms with E-state index in [2.05, 4.69) is 34.0 Å². The molecular weight excluding hydrogens is 544 g/mol. The molecule has 1 aliphatic heterocycles.